The summed E-state index contributed by atoms with van der Waals surface area (Å²) >= 11 is 0. The van der Waals surface area contributed by atoms with E-state index in [-0.39, 0.29) is 11.8 Å². The molecule has 0 aliphatic carbocycles. The summed E-state index contributed by atoms with van der Waals surface area (Å²) in [7, 11) is 4.28. The Morgan fingerprint density at radius 1 is 1.40 bits per heavy atom. The van der Waals surface area contributed by atoms with Crippen LogP contribution in [-0.4, -0.2) is 46.2 Å². The zero-order valence-electron chi connectivity index (χ0n) is 10.0. The maximum atomic E-state index is 11.7. The third-order valence-corrected chi connectivity index (χ3v) is 2.96. The van der Waals surface area contributed by atoms with Crippen molar-refractivity contribution in [2.45, 2.75) is 19.3 Å². The number of quaternary nitrogens is 2. The highest BCUT2D eigenvalue weighted by Gasteiger charge is 2.22. The van der Waals surface area contributed by atoms with Gasteiger partial charge in [-0.05, 0) is 0 Å². The van der Waals surface area contributed by atoms with Crippen molar-refractivity contribution >= 4 is 5.91 Å². The third kappa shape index (κ3) is 5.14. The van der Waals surface area contributed by atoms with Crippen LogP contribution in [0, 0.1) is 5.92 Å². The van der Waals surface area contributed by atoms with Gasteiger partial charge in [0.15, 0.2) is 0 Å². The van der Waals surface area contributed by atoms with Gasteiger partial charge in [0.1, 0.15) is 0 Å². The van der Waals surface area contributed by atoms with Gasteiger partial charge in [-0.15, -0.1) is 0 Å². The number of carbonyl (C=O) groups is 1. The van der Waals surface area contributed by atoms with Crippen molar-refractivity contribution in [3.8, 4) is 0 Å². The molecule has 0 radical (unpaired) electrons. The lowest BCUT2D eigenvalue weighted by molar-refractivity contribution is -0.858. The maximum Gasteiger partial charge on any atom is 0.223 e. The molecule has 1 fully saturated rings. The zero-order chi connectivity index (χ0) is 11.1. The second-order valence-electron chi connectivity index (χ2n) is 4.74. The quantitative estimate of drug-likeness (QED) is 0.440. The number of amides is 1. The fourth-order valence-electron chi connectivity index (χ4n) is 1.99. The summed E-state index contributed by atoms with van der Waals surface area (Å²) in [6, 6.07) is 0. The van der Waals surface area contributed by atoms with Crippen molar-refractivity contribution in [2.75, 3.05) is 40.3 Å². The second-order valence-corrected chi connectivity index (χ2v) is 4.74. The molecule has 0 aromatic carbocycles. The molecule has 4 heteroatoms. The summed E-state index contributed by atoms with van der Waals surface area (Å²) in [5, 5.41) is 5.33. The average Bonchev–Trinajstić information content (AvgIpc) is 2.25. The predicted molar refractivity (Wildman–Crippen MR) is 59.7 cm³/mol. The molecular weight excluding hydrogens is 190 g/mol. The van der Waals surface area contributed by atoms with Crippen LogP contribution in [0.4, 0.5) is 0 Å². The number of piperidine rings is 1. The molecule has 0 unspecified atom stereocenters. The van der Waals surface area contributed by atoms with Crippen LogP contribution in [0.5, 0.6) is 0 Å². The lowest BCUT2D eigenvalue weighted by atomic mass is 9.97. The topological polar surface area (TPSA) is 50.1 Å². The zero-order valence-corrected chi connectivity index (χ0v) is 10.0. The van der Waals surface area contributed by atoms with Gasteiger partial charge in [-0.3, -0.25) is 4.79 Å². The molecule has 88 valence electrons. The van der Waals surface area contributed by atoms with E-state index >= 15 is 0 Å². The van der Waals surface area contributed by atoms with Gasteiger partial charge in [0.2, 0.25) is 5.91 Å². The largest absolute Gasteiger partial charge is 0.356 e. The van der Waals surface area contributed by atoms with Crippen LogP contribution in [0.3, 0.4) is 0 Å². The van der Waals surface area contributed by atoms with Crippen molar-refractivity contribution in [1.29, 1.82) is 0 Å². The van der Waals surface area contributed by atoms with E-state index in [9.17, 15) is 4.79 Å². The molecule has 0 bridgehead atoms. The molecule has 1 rings (SSSR count). The third-order valence-electron chi connectivity index (χ3n) is 2.96. The Balaban J connectivity index is 2.07. The summed E-state index contributed by atoms with van der Waals surface area (Å²) in [5.41, 5.74) is 0. The van der Waals surface area contributed by atoms with Gasteiger partial charge >= 0.3 is 0 Å². The van der Waals surface area contributed by atoms with Gasteiger partial charge in [-0.1, -0.05) is 0 Å². The predicted octanol–water partition coefficient (Wildman–Crippen LogP) is -2.39. The molecule has 1 saturated heterocycles. The Morgan fingerprint density at radius 3 is 2.67 bits per heavy atom. The lowest BCUT2D eigenvalue weighted by Gasteiger charge is -2.19. The smallest absolute Gasteiger partial charge is 0.223 e. The van der Waals surface area contributed by atoms with E-state index in [1.165, 1.54) is 4.90 Å². The maximum absolute atomic E-state index is 11.7. The first kappa shape index (κ1) is 12.5. The Labute approximate surface area is 92.4 Å². The first-order chi connectivity index (χ1) is 7.20. The van der Waals surface area contributed by atoms with Gasteiger partial charge in [-0.2, -0.15) is 0 Å². The van der Waals surface area contributed by atoms with Crippen molar-refractivity contribution in [3.63, 3.8) is 0 Å². The van der Waals surface area contributed by atoms with Gasteiger partial charge in [0, 0.05) is 31.7 Å². The molecule has 0 atom stereocenters. The molecule has 1 aliphatic heterocycles. The molecule has 1 heterocycles. The monoisotopic (exact) mass is 215 g/mol. The standard InChI is InChI=1S/C11H23N3O/c1-14(2)9-3-6-13-11(15)10-4-7-12-8-5-10/h10,12H,3-9H2,1-2H3,(H,13,15)/p+2. The number of rotatable bonds is 5. The number of carbonyl (C=O) groups excluding carboxylic acids is 1. The minimum Gasteiger partial charge on any atom is -0.356 e. The van der Waals surface area contributed by atoms with Crippen LogP contribution in [0.15, 0.2) is 0 Å². The number of hydrogen-bond donors (Lipinski definition) is 3. The van der Waals surface area contributed by atoms with Crippen LogP contribution >= 0.6 is 0 Å². The van der Waals surface area contributed by atoms with Gasteiger partial charge in [0.25, 0.3) is 0 Å². The van der Waals surface area contributed by atoms with Gasteiger partial charge in [0.05, 0.1) is 33.7 Å². The summed E-state index contributed by atoms with van der Waals surface area (Å²) in [4.78, 5) is 13.2. The Hall–Kier alpha value is -0.610. The van der Waals surface area contributed by atoms with Gasteiger partial charge in [-0.25, -0.2) is 0 Å². The average molecular weight is 215 g/mol. The highest BCUT2D eigenvalue weighted by molar-refractivity contribution is 5.78. The minimum atomic E-state index is 0.275. The Morgan fingerprint density at radius 2 is 2.07 bits per heavy atom. The van der Waals surface area contributed by atoms with E-state index in [0.29, 0.717) is 0 Å². The summed E-state index contributed by atoms with van der Waals surface area (Å²) in [6.45, 7) is 4.18. The Bertz CT molecular complexity index is 188. The summed E-state index contributed by atoms with van der Waals surface area (Å²) in [6.07, 6.45) is 3.17. The van der Waals surface area contributed by atoms with E-state index in [2.05, 4.69) is 24.7 Å². The summed E-state index contributed by atoms with van der Waals surface area (Å²) < 4.78 is 0. The normalized spacial score (nSPS) is 18.1. The first-order valence-electron chi connectivity index (χ1n) is 6.08. The van der Waals surface area contributed by atoms with E-state index < -0.39 is 0 Å². The fraction of sp³-hybridized carbons (Fsp3) is 0.909. The Kier molecular flexibility index (Phi) is 5.65. The van der Waals surface area contributed by atoms with Crippen molar-refractivity contribution < 1.29 is 15.0 Å². The van der Waals surface area contributed by atoms with E-state index in [4.69, 9.17) is 0 Å². The molecule has 15 heavy (non-hydrogen) atoms. The van der Waals surface area contributed by atoms with E-state index in [1.54, 1.807) is 0 Å². The SMILES string of the molecule is C[NH+](C)CCCNC(=O)C1CC[NH2+]CC1. The van der Waals surface area contributed by atoms with Crippen molar-refractivity contribution in [2.24, 2.45) is 5.92 Å². The van der Waals surface area contributed by atoms with Crippen molar-refractivity contribution in [1.82, 2.24) is 5.32 Å². The van der Waals surface area contributed by atoms with Crippen LogP contribution in [0.1, 0.15) is 19.3 Å². The summed E-state index contributed by atoms with van der Waals surface area (Å²) in [5.74, 6) is 0.554. The van der Waals surface area contributed by atoms with Crippen LogP contribution < -0.4 is 15.5 Å². The van der Waals surface area contributed by atoms with Crippen molar-refractivity contribution in [3.05, 3.63) is 0 Å². The van der Waals surface area contributed by atoms with Gasteiger partial charge < -0.3 is 15.5 Å². The fourth-order valence-corrected chi connectivity index (χ4v) is 1.99. The lowest BCUT2D eigenvalue weighted by Crippen LogP contribution is -3.05. The molecule has 0 aromatic rings. The van der Waals surface area contributed by atoms with Crippen LogP contribution in [-0.2, 0) is 4.79 Å². The minimum absolute atomic E-state index is 0.275. The highest BCUT2D eigenvalue weighted by Crippen LogP contribution is 2.08. The molecule has 0 aromatic heterocycles. The molecule has 0 saturated carbocycles. The second kappa shape index (κ2) is 6.80. The highest BCUT2D eigenvalue weighted by atomic mass is 16.1. The van der Waals surface area contributed by atoms with E-state index in [0.717, 1.165) is 45.4 Å². The molecule has 4 N–H and O–H groups in total. The molecule has 1 aliphatic rings. The molecule has 0 spiro atoms. The molecule has 1 amide bonds. The first-order valence-corrected chi connectivity index (χ1v) is 6.08. The van der Waals surface area contributed by atoms with Crippen LogP contribution in [0.25, 0.3) is 0 Å². The van der Waals surface area contributed by atoms with Crippen LogP contribution in [0.2, 0.25) is 0 Å². The van der Waals surface area contributed by atoms with E-state index in [1.807, 2.05) is 0 Å². The molecular formula is C11H25N3O+2. The molecule has 4 nitrogen and oxygen atoms in total. The number of nitrogens with one attached hydrogen (secondary N) is 2. The number of hydrogen-bond acceptors (Lipinski definition) is 1. The number of nitrogens with two attached hydrogens (primary N) is 1.